The fourth-order valence-corrected chi connectivity index (χ4v) is 1.84. The summed E-state index contributed by atoms with van der Waals surface area (Å²) in [5.41, 5.74) is 2.58. The van der Waals surface area contributed by atoms with E-state index in [9.17, 15) is 4.79 Å². The molecule has 4 heteroatoms. The highest BCUT2D eigenvalue weighted by Crippen LogP contribution is 2.26. The van der Waals surface area contributed by atoms with Crippen LogP contribution < -0.4 is 4.74 Å². The van der Waals surface area contributed by atoms with Crippen LogP contribution in [0.2, 0.25) is 0 Å². The van der Waals surface area contributed by atoms with Crippen LogP contribution in [0.15, 0.2) is 28.3 Å². The fourth-order valence-electron chi connectivity index (χ4n) is 1.61. The quantitative estimate of drug-likeness (QED) is 0.840. The van der Waals surface area contributed by atoms with Gasteiger partial charge in [0.25, 0.3) is 0 Å². The van der Waals surface area contributed by atoms with E-state index in [2.05, 4.69) is 15.9 Å². The number of ether oxygens (including phenoxy) is 1. The normalized spacial score (nSPS) is 11.4. The highest BCUT2D eigenvalue weighted by atomic mass is 79.9. The van der Waals surface area contributed by atoms with Gasteiger partial charge in [-0.25, -0.2) is 4.79 Å². The molecule has 1 aromatic carbocycles. The lowest BCUT2D eigenvalue weighted by atomic mass is 10.1. The van der Waals surface area contributed by atoms with E-state index in [1.807, 2.05) is 32.9 Å². The molecule has 0 bridgehead atoms. The van der Waals surface area contributed by atoms with Crippen molar-refractivity contribution in [2.75, 3.05) is 6.61 Å². The Bertz CT molecular complexity index is 455. The molecule has 98 valence electrons. The number of aliphatic carboxylic acids is 1. The first kappa shape index (κ1) is 14.8. The summed E-state index contributed by atoms with van der Waals surface area (Å²) in [5.74, 6) is -0.130. The summed E-state index contributed by atoms with van der Waals surface area (Å²) in [5, 5.41) is 8.87. The summed E-state index contributed by atoms with van der Waals surface area (Å²) in [6.07, 6.45) is 2.10. The predicted octanol–water partition coefficient (Wildman–Crippen LogP) is 3.87. The van der Waals surface area contributed by atoms with Crippen molar-refractivity contribution in [3.05, 3.63) is 39.4 Å². The van der Waals surface area contributed by atoms with Crippen LogP contribution in [0.25, 0.3) is 0 Å². The van der Waals surface area contributed by atoms with E-state index in [0.717, 1.165) is 21.3 Å². The zero-order valence-corrected chi connectivity index (χ0v) is 12.4. The molecule has 0 amide bonds. The van der Waals surface area contributed by atoms with Crippen molar-refractivity contribution in [2.45, 2.75) is 27.2 Å². The van der Waals surface area contributed by atoms with Gasteiger partial charge in [-0.2, -0.15) is 0 Å². The number of aryl methyl sites for hydroxylation is 2. The Kier molecular flexibility index (Phi) is 5.41. The van der Waals surface area contributed by atoms with Crippen LogP contribution in [0.1, 0.15) is 24.5 Å². The van der Waals surface area contributed by atoms with Gasteiger partial charge in [0.15, 0.2) is 0 Å². The molecule has 0 saturated carbocycles. The van der Waals surface area contributed by atoms with Crippen LogP contribution in [0.4, 0.5) is 0 Å². The molecule has 0 spiro atoms. The molecule has 0 aliphatic rings. The van der Waals surface area contributed by atoms with Gasteiger partial charge < -0.3 is 9.84 Å². The maximum Gasteiger partial charge on any atom is 0.331 e. The van der Waals surface area contributed by atoms with E-state index in [4.69, 9.17) is 9.84 Å². The lowest BCUT2D eigenvalue weighted by molar-refractivity contribution is -0.132. The molecule has 0 atom stereocenters. The number of carbonyl (C=O) groups is 1. The second-order valence-electron chi connectivity index (χ2n) is 4.07. The molecule has 0 aliphatic heterocycles. The van der Waals surface area contributed by atoms with Crippen LogP contribution >= 0.6 is 15.9 Å². The van der Waals surface area contributed by atoms with Crippen molar-refractivity contribution >= 4 is 21.9 Å². The van der Waals surface area contributed by atoms with E-state index >= 15 is 0 Å². The summed E-state index contributed by atoms with van der Waals surface area (Å²) in [7, 11) is 0. The smallest absolute Gasteiger partial charge is 0.331 e. The summed E-state index contributed by atoms with van der Waals surface area (Å²) in [6.45, 7) is 6.08. The van der Waals surface area contributed by atoms with Crippen LogP contribution in [-0.4, -0.2) is 17.7 Å². The Morgan fingerprint density at radius 3 is 2.39 bits per heavy atom. The Morgan fingerprint density at radius 1 is 1.39 bits per heavy atom. The minimum atomic E-state index is -0.885. The summed E-state index contributed by atoms with van der Waals surface area (Å²) in [4.78, 5) is 10.8. The Hall–Kier alpha value is -1.29. The minimum absolute atomic E-state index is 0.274. The predicted molar refractivity (Wildman–Crippen MR) is 75.1 cm³/mol. The maximum absolute atomic E-state index is 10.8. The highest BCUT2D eigenvalue weighted by molar-refractivity contribution is 9.10. The number of carboxylic acids is 1. The Labute approximate surface area is 116 Å². The van der Waals surface area contributed by atoms with E-state index in [0.29, 0.717) is 12.0 Å². The van der Waals surface area contributed by atoms with Crippen molar-refractivity contribution in [1.82, 2.24) is 0 Å². The monoisotopic (exact) mass is 312 g/mol. The molecule has 0 radical (unpaired) electrons. The van der Waals surface area contributed by atoms with Crippen LogP contribution in [-0.2, 0) is 4.79 Å². The summed E-state index contributed by atoms with van der Waals surface area (Å²) < 4.78 is 6.62. The van der Waals surface area contributed by atoms with Gasteiger partial charge in [0.05, 0.1) is 0 Å². The van der Waals surface area contributed by atoms with Crippen molar-refractivity contribution in [1.29, 1.82) is 0 Å². The third-order valence-electron chi connectivity index (χ3n) is 2.65. The van der Waals surface area contributed by atoms with E-state index < -0.39 is 5.97 Å². The van der Waals surface area contributed by atoms with Crippen molar-refractivity contribution < 1.29 is 14.6 Å². The van der Waals surface area contributed by atoms with Gasteiger partial charge in [0.1, 0.15) is 12.4 Å². The van der Waals surface area contributed by atoms with Gasteiger partial charge in [-0.05, 0) is 49.6 Å². The molecular formula is C14H17BrO3. The molecule has 0 heterocycles. The molecule has 3 nitrogen and oxygen atoms in total. The average molecular weight is 313 g/mol. The lowest BCUT2D eigenvalue weighted by Gasteiger charge is -2.09. The highest BCUT2D eigenvalue weighted by Gasteiger charge is 2.05. The number of carboxylic acid groups (broad SMARTS) is 1. The first-order valence-corrected chi connectivity index (χ1v) is 6.56. The van der Waals surface area contributed by atoms with E-state index in [1.165, 1.54) is 0 Å². The van der Waals surface area contributed by atoms with Gasteiger partial charge >= 0.3 is 5.97 Å². The first-order valence-electron chi connectivity index (χ1n) is 5.77. The molecule has 0 saturated heterocycles. The third-order valence-corrected chi connectivity index (χ3v) is 3.90. The Balaban J connectivity index is 2.73. The van der Waals surface area contributed by atoms with Gasteiger partial charge in [-0.15, -0.1) is 0 Å². The number of benzene rings is 1. The summed E-state index contributed by atoms with van der Waals surface area (Å²) >= 11 is 3.49. The summed E-state index contributed by atoms with van der Waals surface area (Å²) in [6, 6.07) is 3.86. The van der Waals surface area contributed by atoms with Crippen LogP contribution in [0.3, 0.4) is 0 Å². The molecular weight excluding hydrogens is 296 g/mol. The second kappa shape index (κ2) is 6.59. The maximum atomic E-state index is 10.8. The zero-order valence-electron chi connectivity index (χ0n) is 10.8. The molecule has 0 unspecified atom stereocenters. The van der Waals surface area contributed by atoms with Gasteiger partial charge in [-0.1, -0.05) is 22.9 Å². The molecule has 0 aliphatic carbocycles. The van der Waals surface area contributed by atoms with Gasteiger partial charge in [0.2, 0.25) is 0 Å². The molecule has 18 heavy (non-hydrogen) atoms. The molecule has 1 N–H and O–H groups in total. The zero-order chi connectivity index (χ0) is 13.7. The van der Waals surface area contributed by atoms with Crippen molar-refractivity contribution in [3.8, 4) is 5.75 Å². The van der Waals surface area contributed by atoms with Crippen molar-refractivity contribution in [2.24, 2.45) is 0 Å². The number of halogens is 1. The lowest BCUT2D eigenvalue weighted by Crippen LogP contribution is -2.03. The molecule has 1 rings (SSSR count). The van der Waals surface area contributed by atoms with Crippen LogP contribution in [0, 0.1) is 13.8 Å². The minimum Gasteiger partial charge on any atom is -0.489 e. The number of hydrogen-bond acceptors (Lipinski definition) is 2. The van der Waals surface area contributed by atoms with E-state index in [1.54, 1.807) is 6.08 Å². The topological polar surface area (TPSA) is 46.5 Å². The SMILES string of the molecule is CC/C(=C/COc1cc(C)c(Br)c(C)c1)C(=O)O. The molecule has 1 aromatic rings. The fraction of sp³-hybridized carbons (Fsp3) is 0.357. The number of hydrogen-bond donors (Lipinski definition) is 1. The van der Waals surface area contributed by atoms with E-state index in [-0.39, 0.29) is 6.61 Å². The van der Waals surface area contributed by atoms with Crippen molar-refractivity contribution in [3.63, 3.8) is 0 Å². The third kappa shape index (κ3) is 3.88. The average Bonchev–Trinajstić information content (AvgIpc) is 2.31. The van der Waals surface area contributed by atoms with Gasteiger partial charge in [0, 0.05) is 10.0 Å². The largest absolute Gasteiger partial charge is 0.489 e. The van der Waals surface area contributed by atoms with Gasteiger partial charge in [-0.3, -0.25) is 0 Å². The molecule has 0 aromatic heterocycles. The molecule has 0 fully saturated rings. The second-order valence-corrected chi connectivity index (χ2v) is 4.86. The Morgan fingerprint density at radius 2 is 1.94 bits per heavy atom. The standard InChI is InChI=1S/C14H17BrO3/c1-4-11(14(16)17)5-6-18-12-7-9(2)13(15)10(3)8-12/h5,7-8H,4,6H2,1-3H3,(H,16,17)/b11-5-. The number of rotatable bonds is 5. The first-order chi connectivity index (χ1) is 8.45. The van der Waals surface area contributed by atoms with Crippen LogP contribution in [0.5, 0.6) is 5.75 Å².